The van der Waals surface area contributed by atoms with Crippen LogP contribution >= 0.6 is 0 Å². The van der Waals surface area contributed by atoms with E-state index in [1.165, 1.54) is 0 Å². The monoisotopic (exact) mass is 187 g/mol. The smallest absolute Gasteiger partial charge is 0.222 e. The SMILES string of the molecule is CC(C)CC(=O)N(C)CC(C)(C)O. The van der Waals surface area contributed by atoms with Crippen LogP contribution in [0.5, 0.6) is 0 Å². The molecule has 0 aliphatic heterocycles. The minimum absolute atomic E-state index is 0.0946. The second kappa shape index (κ2) is 4.61. The molecule has 0 aromatic carbocycles. The van der Waals surface area contributed by atoms with Crippen LogP contribution in [-0.4, -0.2) is 35.1 Å². The molecule has 0 heterocycles. The highest BCUT2D eigenvalue weighted by atomic mass is 16.3. The lowest BCUT2D eigenvalue weighted by Crippen LogP contribution is -2.40. The van der Waals surface area contributed by atoms with E-state index in [9.17, 15) is 9.90 Å². The average molecular weight is 187 g/mol. The van der Waals surface area contributed by atoms with Crippen LogP contribution in [0.3, 0.4) is 0 Å². The fraction of sp³-hybridized carbons (Fsp3) is 0.900. The highest BCUT2D eigenvalue weighted by molar-refractivity contribution is 5.76. The van der Waals surface area contributed by atoms with E-state index in [2.05, 4.69) is 0 Å². The molecule has 3 nitrogen and oxygen atoms in total. The molecule has 78 valence electrons. The first kappa shape index (κ1) is 12.4. The van der Waals surface area contributed by atoms with Crippen molar-refractivity contribution < 1.29 is 9.90 Å². The summed E-state index contributed by atoms with van der Waals surface area (Å²) in [4.78, 5) is 13.0. The van der Waals surface area contributed by atoms with Crippen molar-refractivity contribution in [3.8, 4) is 0 Å². The van der Waals surface area contributed by atoms with E-state index in [0.717, 1.165) is 0 Å². The molecule has 0 unspecified atom stereocenters. The maximum Gasteiger partial charge on any atom is 0.222 e. The Labute approximate surface area is 80.7 Å². The van der Waals surface area contributed by atoms with E-state index in [1.54, 1.807) is 25.8 Å². The number of carbonyl (C=O) groups is 1. The van der Waals surface area contributed by atoms with Gasteiger partial charge < -0.3 is 10.0 Å². The maximum atomic E-state index is 11.4. The molecule has 0 saturated heterocycles. The number of hydrogen-bond acceptors (Lipinski definition) is 2. The molecule has 0 rings (SSSR count). The van der Waals surface area contributed by atoms with Gasteiger partial charge in [0.05, 0.1) is 5.60 Å². The van der Waals surface area contributed by atoms with E-state index < -0.39 is 5.60 Å². The minimum Gasteiger partial charge on any atom is -0.389 e. The molecule has 13 heavy (non-hydrogen) atoms. The summed E-state index contributed by atoms with van der Waals surface area (Å²) < 4.78 is 0. The second-order valence-corrected chi connectivity index (χ2v) is 4.66. The summed E-state index contributed by atoms with van der Waals surface area (Å²) >= 11 is 0. The normalized spacial score (nSPS) is 11.9. The Bertz CT molecular complexity index is 170. The molecule has 3 heteroatoms. The molecule has 0 aliphatic rings. The van der Waals surface area contributed by atoms with Crippen LogP contribution in [0, 0.1) is 5.92 Å². The van der Waals surface area contributed by atoms with E-state index in [4.69, 9.17) is 0 Å². The lowest BCUT2D eigenvalue weighted by Gasteiger charge is -2.26. The zero-order chi connectivity index (χ0) is 10.6. The van der Waals surface area contributed by atoms with Crippen molar-refractivity contribution in [3.63, 3.8) is 0 Å². The van der Waals surface area contributed by atoms with Crippen LogP contribution in [0.4, 0.5) is 0 Å². The molecule has 0 atom stereocenters. The van der Waals surface area contributed by atoms with Crippen molar-refractivity contribution in [1.29, 1.82) is 0 Å². The van der Waals surface area contributed by atoms with Crippen molar-refractivity contribution in [2.45, 2.75) is 39.7 Å². The van der Waals surface area contributed by atoms with Crippen LogP contribution in [0.15, 0.2) is 0 Å². The van der Waals surface area contributed by atoms with Gasteiger partial charge >= 0.3 is 0 Å². The van der Waals surface area contributed by atoms with Gasteiger partial charge in [0, 0.05) is 20.0 Å². The first-order chi connectivity index (χ1) is 5.72. The van der Waals surface area contributed by atoms with Crippen LogP contribution in [0.25, 0.3) is 0 Å². The maximum absolute atomic E-state index is 11.4. The summed E-state index contributed by atoms with van der Waals surface area (Å²) in [6.07, 6.45) is 0.548. The molecule has 0 spiro atoms. The van der Waals surface area contributed by atoms with E-state index in [0.29, 0.717) is 18.9 Å². The van der Waals surface area contributed by atoms with Gasteiger partial charge in [-0.05, 0) is 19.8 Å². The standard InChI is InChI=1S/C10H21NO2/c1-8(2)6-9(12)11(5)7-10(3,4)13/h8,13H,6-7H2,1-5H3. The molecule has 0 aliphatic carbocycles. The molecule has 0 radical (unpaired) electrons. The molecule has 0 aromatic heterocycles. The average Bonchev–Trinajstić information content (AvgIpc) is 1.81. The zero-order valence-corrected chi connectivity index (χ0v) is 9.29. The van der Waals surface area contributed by atoms with Gasteiger partial charge in [0.1, 0.15) is 0 Å². The predicted octanol–water partition coefficient (Wildman–Crippen LogP) is 1.26. The van der Waals surface area contributed by atoms with Gasteiger partial charge in [-0.25, -0.2) is 0 Å². The van der Waals surface area contributed by atoms with Gasteiger partial charge in [-0.3, -0.25) is 4.79 Å². The van der Waals surface area contributed by atoms with Crippen molar-refractivity contribution in [2.24, 2.45) is 5.92 Å². The predicted molar refractivity (Wildman–Crippen MR) is 53.4 cm³/mol. The number of rotatable bonds is 4. The van der Waals surface area contributed by atoms with Gasteiger partial charge in [-0.2, -0.15) is 0 Å². The summed E-state index contributed by atoms with van der Waals surface area (Å²) in [7, 11) is 1.72. The first-order valence-corrected chi connectivity index (χ1v) is 4.68. The van der Waals surface area contributed by atoms with Crippen molar-refractivity contribution in [3.05, 3.63) is 0 Å². The fourth-order valence-electron chi connectivity index (χ4n) is 1.17. The number of amides is 1. The lowest BCUT2D eigenvalue weighted by atomic mass is 10.1. The van der Waals surface area contributed by atoms with Gasteiger partial charge in [-0.15, -0.1) is 0 Å². The summed E-state index contributed by atoms with van der Waals surface area (Å²) in [6, 6.07) is 0. The van der Waals surface area contributed by atoms with Gasteiger partial charge in [0.2, 0.25) is 5.91 Å². The van der Waals surface area contributed by atoms with Crippen molar-refractivity contribution in [1.82, 2.24) is 4.90 Å². The number of carbonyl (C=O) groups excluding carboxylic acids is 1. The highest BCUT2D eigenvalue weighted by Crippen LogP contribution is 2.07. The van der Waals surface area contributed by atoms with Crippen LogP contribution in [0.2, 0.25) is 0 Å². The Morgan fingerprint density at radius 1 is 1.46 bits per heavy atom. The molecule has 0 saturated carbocycles. The highest BCUT2D eigenvalue weighted by Gasteiger charge is 2.19. The van der Waals surface area contributed by atoms with Gasteiger partial charge in [0.15, 0.2) is 0 Å². The number of hydrogen-bond donors (Lipinski definition) is 1. The third-order valence-corrected chi connectivity index (χ3v) is 1.63. The zero-order valence-electron chi connectivity index (χ0n) is 9.29. The summed E-state index contributed by atoms with van der Waals surface area (Å²) in [6.45, 7) is 7.81. The molecule has 0 fully saturated rings. The summed E-state index contributed by atoms with van der Waals surface area (Å²) in [5.74, 6) is 0.467. The largest absolute Gasteiger partial charge is 0.389 e. The Kier molecular flexibility index (Phi) is 4.40. The number of nitrogens with zero attached hydrogens (tertiary/aromatic N) is 1. The Morgan fingerprint density at radius 3 is 2.23 bits per heavy atom. The third-order valence-electron chi connectivity index (χ3n) is 1.63. The van der Waals surface area contributed by atoms with Crippen LogP contribution in [-0.2, 0) is 4.79 Å². The van der Waals surface area contributed by atoms with Gasteiger partial charge in [0.25, 0.3) is 0 Å². The summed E-state index contributed by atoms with van der Waals surface area (Å²) in [5.41, 5.74) is -0.804. The molecule has 0 bridgehead atoms. The molecule has 1 amide bonds. The number of likely N-dealkylation sites (N-methyl/N-ethyl adjacent to an activating group) is 1. The molecular weight excluding hydrogens is 166 g/mol. The van der Waals surface area contributed by atoms with Crippen molar-refractivity contribution in [2.75, 3.05) is 13.6 Å². The Hall–Kier alpha value is -0.570. The molecular formula is C10H21NO2. The Morgan fingerprint density at radius 2 is 1.92 bits per heavy atom. The van der Waals surface area contributed by atoms with E-state index in [-0.39, 0.29) is 5.91 Å². The fourth-order valence-corrected chi connectivity index (χ4v) is 1.17. The minimum atomic E-state index is -0.804. The quantitative estimate of drug-likeness (QED) is 0.720. The molecule has 1 N–H and O–H groups in total. The van der Waals surface area contributed by atoms with Crippen molar-refractivity contribution >= 4 is 5.91 Å². The number of aliphatic hydroxyl groups is 1. The second-order valence-electron chi connectivity index (χ2n) is 4.66. The molecule has 0 aromatic rings. The van der Waals surface area contributed by atoms with Gasteiger partial charge in [-0.1, -0.05) is 13.8 Å². The van der Waals surface area contributed by atoms with Crippen LogP contribution in [0.1, 0.15) is 34.1 Å². The lowest BCUT2D eigenvalue weighted by molar-refractivity contribution is -0.133. The first-order valence-electron chi connectivity index (χ1n) is 4.68. The van der Waals surface area contributed by atoms with Crippen LogP contribution < -0.4 is 0 Å². The third kappa shape index (κ3) is 6.58. The Balaban J connectivity index is 3.97. The topological polar surface area (TPSA) is 40.5 Å². The van der Waals surface area contributed by atoms with E-state index in [1.807, 2.05) is 13.8 Å². The van der Waals surface area contributed by atoms with E-state index >= 15 is 0 Å². The summed E-state index contributed by atoms with van der Waals surface area (Å²) in [5, 5.41) is 9.48.